The van der Waals surface area contributed by atoms with Crippen molar-refractivity contribution in [2.24, 2.45) is 0 Å². The predicted octanol–water partition coefficient (Wildman–Crippen LogP) is 0.735. The number of rotatable bonds is 4. The highest BCUT2D eigenvalue weighted by Crippen LogP contribution is 2.26. The maximum absolute atomic E-state index is 12.3. The van der Waals surface area contributed by atoms with Gasteiger partial charge in [0, 0.05) is 24.4 Å². The van der Waals surface area contributed by atoms with Gasteiger partial charge in [-0.2, -0.15) is 0 Å². The Morgan fingerprint density at radius 1 is 1.47 bits per heavy atom. The normalized spacial score (nSPS) is 20.2. The van der Waals surface area contributed by atoms with Gasteiger partial charge >= 0.3 is 0 Å². The molecule has 0 amide bonds. The molecule has 1 atom stereocenters. The SMILES string of the molecule is COc1cc(N)ccc1S(=O)(=O)NC1CCCOC1. The number of ether oxygens (including phenoxy) is 2. The van der Waals surface area contributed by atoms with Gasteiger partial charge in [-0.05, 0) is 25.0 Å². The third kappa shape index (κ3) is 3.37. The number of methoxy groups -OCH3 is 1. The number of hydrogen-bond acceptors (Lipinski definition) is 5. The number of nitrogens with one attached hydrogen (secondary N) is 1. The summed E-state index contributed by atoms with van der Waals surface area (Å²) in [4.78, 5) is 0.0924. The van der Waals surface area contributed by atoms with E-state index < -0.39 is 10.0 Å². The van der Waals surface area contributed by atoms with Crippen molar-refractivity contribution in [3.63, 3.8) is 0 Å². The van der Waals surface area contributed by atoms with Gasteiger partial charge in [0.2, 0.25) is 10.0 Å². The summed E-state index contributed by atoms with van der Waals surface area (Å²) in [5.41, 5.74) is 6.07. The van der Waals surface area contributed by atoms with Crippen LogP contribution in [0.1, 0.15) is 12.8 Å². The molecule has 1 fully saturated rings. The van der Waals surface area contributed by atoms with Crippen molar-refractivity contribution >= 4 is 15.7 Å². The first-order valence-corrected chi connectivity index (χ1v) is 7.55. The van der Waals surface area contributed by atoms with Crippen LogP contribution in [0.3, 0.4) is 0 Å². The molecule has 1 aliphatic heterocycles. The molecular weight excluding hydrogens is 268 g/mol. The molecular formula is C12H18N2O4S. The lowest BCUT2D eigenvalue weighted by Gasteiger charge is -2.23. The van der Waals surface area contributed by atoms with E-state index >= 15 is 0 Å². The van der Waals surface area contributed by atoms with E-state index in [9.17, 15) is 8.42 Å². The fourth-order valence-electron chi connectivity index (χ4n) is 2.02. The third-order valence-electron chi connectivity index (χ3n) is 2.96. The molecule has 2 rings (SSSR count). The zero-order chi connectivity index (χ0) is 13.9. The van der Waals surface area contributed by atoms with E-state index in [0.29, 0.717) is 18.9 Å². The molecule has 19 heavy (non-hydrogen) atoms. The van der Waals surface area contributed by atoms with Crippen molar-refractivity contribution in [1.82, 2.24) is 4.72 Å². The van der Waals surface area contributed by atoms with Crippen molar-refractivity contribution in [2.45, 2.75) is 23.8 Å². The smallest absolute Gasteiger partial charge is 0.244 e. The Bertz CT molecular complexity index is 539. The average Bonchev–Trinajstić information content (AvgIpc) is 2.38. The van der Waals surface area contributed by atoms with Crippen molar-refractivity contribution in [1.29, 1.82) is 0 Å². The second-order valence-corrected chi connectivity index (χ2v) is 6.13. The lowest BCUT2D eigenvalue weighted by atomic mass is 10.1. The molecule has 3 N–H and O–H groups in total. The molecule has 106 valence electrons. The summed E-state index contributed by atoms with van der Waals surface area (Å²) < 4.78 is 37.6. The van der Waals surface area contributed by atoms with Gasteiger partial charge in [0.05, 0.1) is 13.7 Å². The van der Waals surface area contributed by atoms with Crippen LogP contribution in [-0.2, 0) is 14.8 Å². The molecule has 0 radical (unpaired) electrons. The third-order valence-corrected chi connectivity index (χ3v) is 4.52. The molecule has 0 aliphatic carbocycles. The molecule has 1 aromatic carbocycles. The van der Waals surface area contributed by atoms with Crippen LogP contribution in [0, 0.1) is 0 Å². The van der Waals surface area contributed by atoms with Crippen molar-refractivity contribution < 1.29 is 17.9 Å². The van der Waals surface area contributed by atoms with Crippen LogP contribution in [0.5, 0.6) is 5.75 Å². The summed E-state index contributed by atoms with van der Waals surface area (Å²) >= 11 is 0. The van der Waals surface area contributed by atoms with Gasteiger partial charge in [-0.15, -0.1) is 0 Å². The number of benzene rings is 1. The topological polar surface area (TPSA) is 90.7 Å². The highest BCUT2D eigenvalue weighted by atomic mass is 32.2. The van der Waals surface area contributed by atoms with Crippen LogP contribution in [0.25, 0.3) is 0 Å². The molecule has 1 heterocycles. The Morgan fingerprint density at radius 2 is 2.26 bits per heavy atom. The Morgan fingerprint density at radius 3 is 2.89 bits per heavy atom. The summed E-state index contributed by atoms with van der Waals surface area (Å²) in [5.74, 6) is 0.240. The first kappa shape index (κ1) is 14.1. The predicted molar refractivity (Wildman–Crippen MR) is 71.6 cm³/mol. The van der Waals surface area contributed by atoms with Crippen molar-refractivity contribution in [3.05, 3.63) is 18.2 Å². The molecule has 0 aromatic heterocycles. The van der Waals surface area contributed by atoms with Gasteiger partial charge in [-0.1, -0.05) is 0 Å². The number of nitrogens with two attached hydrogens (primary N) is 1. The van der Waals surface area contributed by atoms with Crippen LogP contribution >= 0.6 is 0 Å². The molecule has 0 saturated carbocycles. The zero-order valence-electron chi connectivity index (χ0n) is 10.8. The van der Waals surface area contributed by atoms with Gasteiger partial charge in [0.1, 0.15) is 10.6 Å². The first-order chi connectivity index (χ1) is 9.03. The zero-order valence-corrected chi connectivity index (χ0v) is 11.6. The quantitative estimate of drug-likeness (QED) is 0.796. The summed E-state index contributed by atoms with van der Waals surface area (Å²) in [6.07, 6.45) is 1.63. The largest absolute Gasteiger partial charge is 0.495 e. The number of nitrogen functional groups attached to an aromatic ring is 1. The highest BCUT2D eigenvalue weighted by Gasteiger charge is 2.25. The monoisotopic (exact) mass is 286 g/mol. The van der Waals surface area contributed by atoms with E-state index in [-0.39, 0.29) is 16.7 Å². The minimum atomic E-state index is -3.63. The number of sulfonamides is 1. The van der Waals surface area contributed by atoms with E-state index in [1.807, 2.05) is 0 Å². The van der Waals surface area contributed by atoms with Crippen LogP contribution in [0.2, 0.25) is 0 Å². The molecule has 0 bridgehead atoms. The van der Waals surface area contributed by atoms with E-state index in [0.717, 1.165) is 12.8 Å². The van der Waals surface area contributed by atoms with Crippen LogP contribution in [-0.4, -0.2) is 34.8 Å². The second kappa shape index (κ2) is 5.77. The summed E-state index contributed by atoms with van der Waals surface area (Å²) in [5, 5.41) is 0. The number of hydrogen-bond donors (Lipinski definition) is 2. The Balaban J connectivity index is 2.23. The molecule has 7 heteroatoms. The van der Waals surface area contributed by atoms with Crippen molar-refractivity contribution in [2.75, 3.05) is 26.1 Å². The molecule has 1 aromatic rings. The molecule has 0 spiro atoms. The molecule has 1 aliphatic rings. The van der Waals surface area contributed by atoms with Crippen LogP contribution < -0.4 is 15.2 Å². The van der Waals surface area contributed by atoms with Gasteiger partial charge in [0.15, 0.2) is 0 Å². The second-order valence-electron chi connectivity index (χ2n) is 4.45. The summed E-state index contributed by atoms with van der Waals surface area (Å²) in [7, 11) is -2.22. The van der Waals surface area contributed by atoms with Gasteiger partial charge in [-0.3, -0.25) is 0 Å². The van der Waals surface area contributed by atoms with E-state index in [4.69, 9.17) is 15.2 Å². The van der Waals surface area contributed by atoms with Crippen molar-refractivity contribution in [3.8, 4) is 5.75 Å². The lowest BCUT2D eigenvalue weighted by molar-refractivity contribution is 0.0774. The maximum atomic E-state index is 12.3. The van der Waals surface area contributed by atoms with Gasteiger partial charge < -0.3 is 15.2 Å². The lowest BCUT2D eigenvalue weighted by Crippen LogP contribution is -2.40. The summed E-state index contributed by atoms with van der Waals surface area (Å²) in [6.45, 7) is 1.08. The average molecular weight is 286 g/mol. The fourth-order valence-corrected chi connectivity index (χ4v) is 3.43. The Labute approximate surface area is 112 Å². The standard InChI is InChI=1S/C12H18N2O4S/c1-17-11-7-9(13)4-5-12(11)19(15,16)14-10-3-2-6-18-8-10/h4-5,7,10,14H,2-3,6,8,13H2,1H3. The molecule has 1 saturated heterocycles. The van der Waals surface area contributed by atoms with E-state index in [1.54, 1.807) is 0 Å². The molecule has 6 nitrogen and oxygen atoms in total. The van der Waals surface area contributed by atoms with E-state index in [1.165, 1.54) is 25.3 Å². The highest BCUT2D eigenvalue weighted by molar-refractivity contribution is 7.89. The van der Waals surface area contributed by atoms with Crippen LogP contribution in [0.4, 0.5) is 5.69 Å². The fraction of sp³-hybridized carbons (Fsp3) is 0.500. The Kier molecular flexibility index (Phi) is 4.28. The Hall–Kier alpha value is -1.31. The van der Waals surface area contributed by atoms with Crippen LogP contribution in [0.15, 0.2) is 23.1 Å². The maximum Gasteiger partial charge on any atom is 0.244 e. The van der Waals surface area contributed by atoms with E-state index in [2.05, 4.69) is 4.72 Å². The van der Waals surface area contributed by atoms with Gasteiger partial charge in [0.25, 0.3) is 0 Å². The number of anilines is 1. The minimum absolute atomic E-state index is 0.0924. The van der Waals surface area contributed by atoms with Gasteiger partial charge in [-0.25, -0.2) is 13.1 Å². The first-order valence-electron chi connectivity index (χ1n) is 6.06. The summed E-state index contributed by atoms with van der Waals surface area (Å²) in [6, 6.07) is 4.28. The minimum Gasteiger partial charge on any atom is -0.495 e. The molecule has 1 unspecified atom stereocenters.